The molecule has 0 amide bonds. The lowest BCUT2D eigenvalue weighted by atomic mass is 9.97. The predicted octanol–water partition coefficient (Wildman–Crippen LogP) is 12.9. The van der Waals surface area contributed by atoms with Crippen LogP contribution in [0.5, 0.6) is 0 Å². The molecule has 0 atom stereocenters. The van der Waals surface area contributed by atoms with Crippen LogP contribution in [0.1, 0.15) is 16.7 Å². The number of para-hydroxylation sites is 1. The molecule has 9 aromatic rings. The molecule has 0 fully saturated rings. The Labute approximate surface area is 316 Å². The van der Waals surface area contributed by atoms with Crippen LogP contribution >= 0.6 is 0 Å². The molecule has 266 valence electrons. The molecule has 7 aromatic carbocycles. The van der Waals surface area contributed by atoms with Crippen molar-refractivity contribution < 1.29 is 13.2 Å². The van der Waals surface area contributed by atoms with Gasteiger partial charge in [0.1, 0.15) is 0 Å². The molecule has 0 saturated heterocycles. The zero-order valence-electron chi connectivity index (χ0n) is 30.0. The molecule has 0 unspecified atom stereocenters. The SMILES string of the molecule is Cc1cc(C)cc(-c2ccc3c4ccccc4n(-c4ccc(-c5ccc(C(F)(F)F)cc5)c(-c5nc(-c6ccccc6)nc(-c6ccccc6)n5)c4)c3c2)c1. The lowest BCUT2D eigenvalue weighted by Crippen LogP contribution is -2.04. The zero-order chi connectivity index (χ0) is 37.7. The van der Waals surface area contributed by atoms with Crippen LogP contribution in [-0.2, 0) is 6.18 Å². The third-order valence-electron chi connectivity index (χ3n) is 9.95. The van der Waals surface area contributed by atoms with Gasteiger partial charge in [-0.15, -0.1) is 0 Å². The molecule has 9 rings (SSSR count). The minimum Gasteiger partial charge on any atom is -0.309 e. The van der Waals surface area contributed by atoms with Crippen molar-refractivity contribution in [3.8, 4) is 62.1 Å². The van der Waals surface area contributed by atoms with Gasteiger partial charge in [-0.2, -0.15) is 13.2 Å². The highest BCUT2D eigenvalue weighted by atomic mass is 19.4. The summed E-state index contributed by atoms with van der Waals surface area (Å²) in [6.07, 6.45) is -4.46. The van der Waals surface area contributed by atoms with Gasteiger partial charge in [-0.25, -0.2) is 15.0 Å². The van der Waals surface area contributed by atoms with E-state index in [4.69, 9.17) is 15.0 Å². The van der Waals surface area contributed by atoms with Crippen molar-refractivity contribution in [2.24, 2.45) is 0 Å². The van der Waals surface area contributed by atoms with Gasteiger partial charge in [0.05, 0.1) is 16.6 Å². The maximum absolute atomic E-state index is 13.7. The Morgan fingerprint density at radius 1 is 0.418 bits per heavy atom. The number of hydrogen-bond acceptors (Lipinski definition) is 3. The van der Waals surface area contributed by atoms with Crippen LogP contribution in [0.4, 0.5) is 13.2 Å². The molecular formula is C48H33F3N4. The maximum Gasteiger partial charge on any atom is 0.416 e. The molecule has 0 spiro atoms. The standard InChI is InChI=1S/C48H33F3N4/c1-30-25-31(2)27-36(26-30)35-19-23-41-40-15-9-10-16-43(40)55(44(41)28-35)38-22-24-39(32-17-20-37(21-18-32)48(49,50)51)42(29-38)47-53-45(33-11-5-3-6-12-33)52-46(54-47)34-13-7-4-8-14-34/h3-29H,1-2H3. The number of fused-ring (bicyclic) bond motifs is 3. The summed E-state index contributed by atoms with van der Waals surface area (Å²) < 4.78 is 43.3. The molecule has 0 aliphatic heterocycles. The minimum absolute atomic E-state index is 0.404. The molecule has 0 aliphatic carbocycles. The zero-order valence-corrected chi connectivity index (χ0v) is 30.0. The molecule has 0 bridgehead atoms. The average molecular weight is 723 g/mol. The van der Waals surface area contributed by atoms with Gasteiger partial charge in [0.15, 0.2) is 17.5 Å². The van der Waals surface area contributed by atoms with Crippen molar-refractivity contribution in [3.05, 3.63) is 180 Å². The summed E-state index contributed by atoms with van der Waals surface area (Å²) in [6.45, 7) is 4.22. The van der Waals surface area contributed by atoms with Crippen LogP contribution in [0.15, 0.2) is 164 Å². The Kier molecular flexibility index (Phi) is 8.35. The van der Waals surface area contributed by atoms with Crippen LogP contribution in [0.3, 0.4) is 0 Å². The number of aryl methyl sites for hydroxylation is 2. The molecule has 2 heterocycles. The van der Waals surface area contributed by atoms with Gasteiger partial charge in [-0.1, -0.05) is 139 Å². The number of aromatic nitrogens is 4. The smallest absolute Gasteiger partial charge is 0.309 e. The lowest BCUT2D eigenvalue weighted by molar-refractivity contribution is -0.137. The highest BCUT2D eigenvalue weighted by molar-refractivity contribution is 6.10. The summed E-state index contributed by atoms with van der Waals surface area (Å²) in [5.41, 5.74) is 10.4. The average Bonchev–Trinajstić information content (AvgIpc) is 3.54. The first kappa shape index (κ1) is 33.9. The van der Waals surface area contributed by atoms with Crippen LogP contribution in [0.2, 0.25) is 0 Å². The van der Waals surface area contributed by atoms with Gasteiger partial charge >= 0.3 is 6.18 Å². The third kappa shape index (κ3) is 6.44. The van der Waals surface area contributed by atoms with E-state index < -0.39 is 11.7 Å². The first-order valence-corrected chi connectivity index (χ1v) is 18.0. The van der Waals surface area contributed by atoms with Gasteiger partial charge in [0.25, 0.3) is 0 Å². The van der Waals surface area contributed by atoms with E-state index in [1.54, 1.807) is 0 Å². The van der Waals surface area contributed by atoms with E-state index in [1.807, 2.05) is 91.0 Å². The largest absolute Gasteiger partial charge is 0.416 e. The van der Waals surface area contributed by atoms with Crippen LogP contribution in [0.25, 0.3) is 83.9 Å². The molecule has 55 heavy (non-hydrogen) atoms. The molecule has 0 saturated carbocycles. The van der Waals surface area contributed by atoms with E-state index in [9.17, 15) is 13.2 Å². The highest BCUT2D eigenvalue weighted by Crippen LogP contribution is 2.40. The second kappa shape index (κ2) is 13.5. The Bertz CT molecular complexity index is 2780. The second-order valence-corrected chi connectivity index (χ2v) is 13.8. The fourth-order valence-electron chi connectivity index (χ4n) is 7.45. The first-order valence-electron chi connectivity index (χ1n) is 18.0. The van der Waals surface area contributed by atoms with Crippen molar-refractivity contribution in [2.75, 3.05) is 0 Å². The topological polar surface area (TPSA) is 43.6 Å². The lowest BCUT2D eigenvalue weighted by Gasteiger charge is -2.16. The fourth-order valence-corrected chi connectivity index (χ4v) is 7.45. The summed E-state index contributed by atoms with van der Waals surface area (Å²) >= 11 is 0. The first-order chi connectivity index (χ1) is 26.7. The van der Waals surface area contributed by atoms with Crippen molar-refractivity contribution in [3.63, 3.8) is 0 Å². The number of alkyl halides is 3. The maximum atomic E-state index is 13.7. The molecule has 0 N–H and O–H groups in total. The molecule has 2 aromatic heterocycles. The second-order valence-electron chi connectivity index (χ2n) is 13.8. The Balaban J connectivity index is 1.32. The Morgan fingerprint density at radius 2 is 0.982 bits per heavy atom. The monoisotopic (exact) mass is 722 g/mol. The summed E-state index contributed by atoms with van der Waals surface area (Å²) in [7, 11) is 0. The van der Waals surface area contributed by atoms with Crippen molar-refractivity contribution >= 4 is 21.8 Å². The summed E-state index contributed by atoms with van der Waals surface area (Å²) in [5.74, 6) is 1.38. The fraction of sp³-hybridized carbons (Fsp3) is 0.0625. The van der Waals surface area contributed by atoms with E-state index in [0.29, 0.717) is 34.2 Å². The molecule has 0 aliphatic rings. The van der Waals surface area contributed by atoms with E-state index in [0.717, 1.165) is 61.9 Å². The molecule has 0 radical (unpaired) electrons. The highest BCUT2D eigenvalue weighted by Gasteiger charge is 2.30. The van der Waals surface area contributed by atoms with E-state index in [-0.39, 0.29) is 0 Å². The molecule has 7 heteroatoms. The van der Waals surface area contributed by atoms with E-state index >= 15 is 0 Å². The van der Waals surface area contributed by atoms with Crippen LogP contribution in [0, 0.1) is 13.8 Å². The van der Waals surface area contributed by atoms with Gasteiger partial charge < -0.3 is 4.57 Å². The summed E-state index contributed by atoms with van der Waals surface area (Å²) in [5, 5.41) is 2.21. The van der Waals surface area contributed by atoms with E-state index in [2.05, 4.69) is 66.9 Å². The van der Waals surface area contributed by atoms with Gasteiger partial charge in [0, 0.05) is 33.2 Å². The van der Waals surface area contributed by atoms with Gasteiger partial charge in [-0.3, -0.25) is 0 Å². The number of benzene rings is 7. The Morgan fingerprint density at radius 3 is 1.62 bits per heavy atom. The van der Waals surface area contributed by atoms with Gasteiger partial charge in [0.2, 0.25) is 0 Å². The van der Waals surface area contributed by atoms with Crippen molar-refractivity contribution in [2.45, 2.75) is 20.0 Å². The van der Waals surface area contributed by atoms with Gasteiger partial charge in [-0.05, 0) is 72.5 Å². The van der Waals surface area contributed by atoms with Crippen LogP contribution < -0.4 is 0 Å². The number of nitrogens with zero attached hydrogens (tertiary/aromatic N) is 4. The Hall–Kier alpha value is -6.86. The summed E-state index contributed by atoms with van der Waals surface area (Å²) in [4.78, 5) is 15.0. The number of rotatable bonds is 6. The third-order valence-corrected chi connectivity index (χ3v) is 9.95. The normalized spacial score (nSPS) is 11.7. The predicted molar refractivity (Wildman–Crippen MR) is 216 cm³/mol. The number of hydrogen-bond donors (Lipinski definition) is 0. The minimum atomic E-state index is -4.46. The number of halogens is 3. The van der Waals surface area contributed by atoms with Crippen LogP contribution in [-0.4, -0.2) is 19.5 Å². The van der Waals surface area contributed by atoms with Crippen molar-refractivity contribution in [1.82, 2.24) is 19.5 Å². The van der Waals surface area contributed by atoms with Crippen molar-refractivity contribution in [1.29, 1.82) is 0 Å². The molecule has 4 nitrogen and oxygen atoms in total. The summed E-state index contributed by atoms with van der Waals surface area (Å²) in [6, 6.07) is 52.2. The quantitative estimate of drug-likeness (QED) is 0.172. The molecular weight excluding hydrogens is 690 g/mol. The van der Waals surface area contributed by atoms with E-state index in [1.165, 1.54) is 23.3 Å².